The van der Waals surface area contributed by atoms with Crippen molar-refractivity contribution in [3.8, 4) is 0 Å². The molecule has 0 unspecified atom stereocenters. The van der Waals surface area contributed by atoms with Gasteiger partial charge in [-0.3, -0.25) is 0 Å². The number of hydrogen-bond donors (Lipinski definition) is 0. The third-order valence-electron chi connectivity index (χ3n) is 14.6. The lowest BCUT2D eigenvalue weighted by molar-refractivity contribution is 1.14. The van der Waals surface area contributed by atoms with Gasteiger partial charge in [0.15, 0.2) is 0 Å². The Morgan fingerprint density at radius 2 is 0.644 bits per heavy atom. The summed E-state index contributed by atoms with van der Waals surface area (Å²) in [5.74, 6) is 0. The molecule has 0 atom stereocenters. The fraction of sp³-hybridized carbons (Fsp3) is 0.0588. The van der Waals surface area contributed by atoms with Crippen LogP contribution in [-0.4, -0.2) is 8.07 Å². The standard InChI is InChI=1S/C40H31ClN2Si.C28H21Cl/c1-44(2)36-16-7-14-32(26-36)42(34-22-20-28-10-3-5-12-30(28)24-34)38-18-9-19-39(40(38)41)43(33-15-8-17-37(44)27-33)35-23-21-29-11-4-6-13-31(29)25-35;29-28-26(18-20-12-14-22-6-1-3-8-24(22)16-20)10-5-11-27(28)19-21-13-15-23-7-2-4-9-25(23)17-21/h3-27H,1-2H3;1-17H,18-19H2. The van der Waals surface area contributed by atoms with Crippen molar-refractivity contribution in [2.45, 2.75) is 25.9 Å². The van der Waals surface area contributed by atoms with Gasteiger partial charge < -0.3 is 9.80 Å². The van der Waals surface area contributed by atoms with Gasteiger partial charge in [0, 0.05) is 27.8 Å². The summed E-state index contributed by atoms with van der Waals surface area (Å²) in [6.07, 6.45) is 1.68. The Bertz CT molecular complexity index is 3780. The Kier molecular flexibility index (Phi) is 12.4. The van der Waals surface area contributed by atoms with Crippen molar-refractivity contribution >= 4 is 119 Å². The molecule has 0 aromatic heterocycles. The number of benzene rings is 12. The van der Waals surface area contributed by atoms with Gasteiger partial charge in [0.05, 0.1) is 16.4 Å². The lowest BCUT2D eigenvalue weighted by Crippen LogP contribution is -2.53. The highest BCUT2D eigenvalue weighted by molar-refractivity contribution is 7.00. The normalized spacial score (nSPS) is 12.8. The molecule has 73 heavy (non-hydrogen) atoms. The number of nitrogens with zero attached hydrogens (tertiary/aromatic N) is 2. The van der Waals surface area contributed by atoms with Crippen LogP contribution < -0.4 is 20.2 Å². The van der Waals surface area contributed by atoms with Crippen molar-refractivity contribution in [3.63, 3.8) is 0 Å². The van der Waals surface area contributed by atoms with Crippen LogP contribution in [0, 0.1) is 0 Å². The summed E-state index contributed by atoms with van der Waals surface area (Å²) < 4.78 is 0. The number of fused-ring (bicyclic) bond motifs is 10. The molecular weight excluding hydrogens is 944 g/mol. The quantitative estimate of drug-likeness (QED) is 0.153. The van der Waals surface area contributed by atoms with Gasteiger partial charge in [0.25, 0.3) is 0 Å². The van der Waals surface area contributed by atoms with Gasteiger partial charge in [0.1, 0.15) is 8.07 Å². The van der Waals surface area contributed by atoms with Crippen molar-refractivity contribution in [1.29, 1.82) is 0 Å². The maximum atomic E-state index is 7.57. The summed E-state index contributed by atoms with van der Waals surface area (Å²) in [6, 6.07) is 91.6. The molecule has 12 aromatic carbocycles. The molecule has 1 aliphatic rings. The molecule has 12 aromatic rings. The second-order valence-corrected chi connectivity index (χ2v) is 24.8. The zero-order chi connectivity index (χ0) is 49.5. The molecule has 0 saturated carbocycles. The summed E-state index contributed by atoms with van der Waals surface area (Å²) in [5.41, 5.74) is 11.2. The molecule has 0 N–H and O–H groups in total. The van der Waals surface area contributed by atoms with Gasteiger partial charge >= 0.3 is 0 Å². The van der Waals surface area contributed by atoms with Gasteiger partial charge in [-0.05, 0) is 139 Å². The van der Waals surface area contributed by atoms with E-state index in [0.717, 1.165) is 52.0 Å². The summed E-state index contributed by atoms with van der Waals surface area (Å²) in [7, 11) is -2.08. The molecule has 0 saturated heterocycles. The van der Waals surface area contributed by atoms with Crippen LogP contribution in [0.4, 0.5) is 34.1 Å². The number of halogens is 2. The van der Waals surface area contributed by atoms with E-state index >= 15 is 0 Å². The highest BCUT2D eigenvalue weighted by Crippen LogP contribution is 2.47. The molecule has 2 nitrogen and oxygen atoms in total. The van der Waals surface area contributed by atoms with Gasteiger partial charge in [-0.25, -0.2) is 0 Å². The van der Waals surface area contributed by atoms with Gasteiger partial charge in [-0.1, -0.05) is 241 Å². The number of rotatable bonds is 6. The molecule has 13 rings (SSSR count). The van der Waals surface area contributed by atoms with Crippen molar-refractivity contribution in [3.05, 3.63) is 287 Å². The first-order valence-electron chi connectivity index (χ1n) is 25.0. The number of anilines is 6. The zero-order valence-electron chi connectivity index (χ0n) is 40.8. The molecule has 0 aliphatic carbocycles. The summed E-state index contributed by atoms with van der Waals surface area (Å²) in [4.78, 5) is 4.64. The predicted molar refractivity (Wildman–Crippen MR) is 318 cm³/mol. The fourth-order valence-corrected chi connectivity index (χ4v) is 13.5. The first-order chi connectivity index (χ1) is 35.7. The second-order valence-electron chi connectivity index (χ2n) is 19.7. The van der Waals surface area contributed by atoms with Crippen LogP contribution in [0.2, 0.25) is 23.1 Å². The van der Waals surface area contributed by atoms with E-state index in [1.165, 1.54) is 75.7 Å². The molecule has 0 spiro atoms. The van der Waals surface area contributed by atoms with Crippen molar-refractivity contribution in [2.75, 3.05) is 9.80 Å². The van der Waals surface area contributed by atoms with Crippen LogP contribution in [0.3, 0.4) is 0 Å². The highest BCUT2D eigenvalue weighted by atomic mass is 35.5. The SMILES string of the molecule is C[Si]1(C)c2cccc(c2)N(c2ccc3ccccc3c2)c2cccc(c2Cl)N(c2ccc3ccccc3c2)c2cccc1c2.Clc1c(Cc2ccc3ccccc3c2)cccc1Cc1ccc2ccccc2c1. The van der Waals surface area contributed by atoms with Crippen LogP contribution in [-0.2, 0) is 12.8 Å². The minimum absolute atomic E-state index is 0.696. The van der Waals surface area contributed by atoms with E-state index in [9.17, 15) is 0 Å². The molecule has 0 fully saturated rings. The molecule has 1 heterocycles. The first-order valence-corrected chi connectivity index (χ1v) is 28.8. The number of hydrogen-bond acceptors (Lipinski definition) is 2. The average molecular weight is 996 g/mol. The predicted octanol–water partition coefficient (Wildman–Crippen LogP) is 18.5. The van der Waals surface area contributed by atoms with Crippen LogP contribution in [0.15, 0.2) is 255 Å². The van der Waals surface area contributed by atoms with E-state index in [1.807, 2.05) is 0 Å². The maximum absolute atomic E-state index is 7.57. The Labute approximate surface area is 439 Å². The molecule has 6 bridgehead atoms. The van der Waals surface area contributed by atoms with Crippen LogP contribution >= 0.6 is 23.2 Å². The molecule has 0 radical (unpaired) electrons. The minimum Gasteiger partial charge on any atom is -0.309 e. The molecule has 0 amide bonds. The molecular formula is C68H52Cl2N2Si. The fourth-order valence-electron chi connectivity index (χ4n) is 10.6. The van der Waals surface area contributed by atoms with Crippen molar-refractivity contribution in [1.82, 2.24) is 0 Å². The van der Waals surface area contributed by atoms with Crippen molar-refractivity contribution < 1.29 is 0 Å². The van der Waals surface area contributed by atoms with E-state index in [-0.39, 0.29) is 0 Å². The zero-order valence-corrected chi connectivity index (χ0v) is 43.3. The lowest BCUT2D eigenvalue weighted by Gasteiger charge is -2.34. The Morgan fingerprint density at radius 3 is 1.07 bits per heavy atom. The van der Waals surface area contributed by atoms with E-state index in [0.29, 0.717) is 5.02 Å². The largest absolute Gasteiger partial charge is 0.309 e. The smallest absolute Gasteiger partial charge is 0.112 e. The van der Waals surface area contributed by atoms with Crippen LogP contribution in [0.1, 0.15) is 22.3 Å². The van der Waals surface area contributed by atoms with Gasteiger partial charge in [0.2, 0.25) is 0 Å². The minimum atomic E-state index is -2.08. The molecule has 352 valence electrons. The van der Waals surface area contributed by atoms with Crippen molar-refractivity contribution in [2.24, 2.45) is 0 Å². The first kappa shape index (κ1) is 46.2. The highest BCUT2D eigenvalue weighted by Gasteiger charge is 2.30. The van der Waals surface area contributed by atoms with E-state index < -0.39 is 8.07 Å². The monoisotopic (exact) mass is 994 g/mol. The Hall–Kier alpha value is -7.92. The Morgan fingerprint density at radius 1 is 0.301 bits per heavy atom. The average Bonchev–Trinajstić information content (AvgIpc) is 3.43. The summed E-state index contributed by atoms with van der Waals surface area (Å²) in [5, 5.41) is 14.2. The second kappa shape index (κ2) is 19.6. The van der Waals surface area contributed by atoms with Crippen LogP contribution in [0.25, 0.3) is 43.1 Å². The maximum Gasteiger partial charge on any atom is 0.112 e. The van der Waals surface area contributed by atoms with E-state index in [4.69, 9.17) is 23.2 Å². The molecule has 5 heteroatoms. The lowest BCUT2D eigenvalue weighted by atomic mass is 9.97. The molecule has 1 aliphatic heterocycles. The Balaban J connectivity index is 0.000000162. The van der Waals surface area contributed by atoms with E-state index in [1.54, 1.807) is 0 Å². The van der Waals surface area contributed by atoms with Crippen LogP contribution in [0.5, 0.6) is 0 Å². The summed E-state index contributed by atoms with van der Waals surface area (Å²) >= 11 is 14.4. The van der Waals surface area contributed by atoms with Gasteiger partial charge in [-0.2, -0.15) is 0 Å². The third kappa shape index (κ3) is 9.17. The van der Waals surface area contributed by atoms with E-state index in [2.05, 4.69) is 278 Å². The summed E-state index contributed by atoms with van der Waals surface area (Å²) in [6.45, 7) is 4.90. The third-order valence-corrected chi connectivity index (χ3v) is 19.0. The van der Waals surface area contributed by atoms with Gasteiger partial charge in [-0.15, -0.1) is 0 Å². The topological polar surface area (TPSA) is 6.48 Å².